The van der Waals surface area contributed by atoms with Crippen molar-refractivity contribution in [3.8, 4) is 22.5 Å². The van der Waals surface area contributed by atoms with Gasteiger partial charge in [-0.3, -0.25) is 29.4 Å². The van der Waals surface area contributed by atoms with Crippen LogP contribution in [0.25, 0.3) is 22.5 Å². The summed E-state index contributed by atoms with van der Waals surface area (Å²) in [6.45, 7) is 8.88. The first-order valence-corrected chi connectivity index (χ1v) is 20.7. The zero-order valence-electron chi connectivity index (χ0n) is 35.3. The molecule has 2 aliphatic rings. The van der Waals surface area contributed by atoms with Crippen LogP contribution >= 0.6 is 0 Å². The molecule has 8 N–H and O–H groups in total. The standard InChI is InChI=1S/2C23H26N6O2/c2*1-14-3-8-20(17-6-4-16(5-7-17)19-9-10-26-28-19)29(13-14)23(31)22(30)27-18-11-15(2)21(24)25-12-18/h2*4-7,9-12,14,20H,3,8,13H2,1-2H3,(H2,24,25)(H,26,28)(H,27,30)/t2*14-,20+/m10/s1. The van der Waals surface area contributed by atoms with Crippen molar-refractivity contribution < 1.29 is 19.2 Å². The number of likely N-dealkylation sites (tertiary alicyclic amines) is 2. The van der Waals surface area contributed by atoms with Gasteiger partial charge in [0, 0.05) is 25.5 Å². The highest BCUT2D eigenvalue weighted by molar-refractivity contribution is 6.40. The first-order chi connectivity index (χ1) is 29.8. The molecule has 16 heteroatoms. The van der Waals surface area contributed by atoms with Crippen molar-refractivity contribution in [1.29, 1.82) is 0 Å². The Morgan fingerprint density at radius 1 is 0.597 bits per heavy atom. The van der Waals surface area contributed by atoms with Gasteiger partial charge in [-0.25, -0.2) is 9.97 Å². The minimum atomic E-state index is -0.667. The molecule has 2 fully saturated rings. The molecular weight excluding hydrogens is 785 g/mol. The lowest BCUT2D eigenvalue weighted by molar-refractivity contribution is -0.146. The molecular formula is C46H52N12O4. The first-order valence-electron chi connectivity index (χ1n) is 20.7. The molecule has 4 aromatic heterocycles. The fourth-order valence-corrected chi connectivity index (χ4v) is 7.99. The van der Waals surface area contributed by atoms with E-state index in [0.717, 1.165) is 70.5 Å². The van der Waals surface area contributed by atoms with E-state index >= 15 is 0 Å². The summed E-state index contributed by atoms with van der Waals surface area (Å²) in [6.07, 6.45) is 9.96. The average molecular weight is 837 g/mol. The predicted molar refractivity (Wildman–Crippen MR) is 238 cm³/mol. The zero-order valence-corrected chi connectivity index (χ0v) is 35.3. The number of hydrogen-bond donors (Lipinski definition) is 6. The van der Waals surface area contributed by atoms with Gasteiger partial charge in [0.05, 0.1) is 47.2 Å². The quantitative estimate of drug-likeness (QED) is 0.0984. The average Bonchev–Trinajstić information content (AvgIpc) is 4.03. The minimum absolute atomic E-state index is 0.142. The van der Waals surface area contributed by atoms with Crippen molar-refractivity contribution >= 4 is 46.6 Å². The van der Waals surface area contributed by atoms with Gasteiger partial charge in [-0.2, -0.15) is 10.2 Å². The Kier molecular flexibility index (Phi) is 13.0. The molecule has 62 heavy (non-hydrogen) atoms. The Bertz CT molecular complexity index is 2330. The van der Waals surface area contributed by atoms with Crippen LogP contribution in [0.5, 0.6) is 0 Å². The van der Waals surface area contributed by atoms with Crippen LogP contribution in [0.15, 0.2) is 97.6 Å². The Hall–Kier alpha value is -7.36. The second kappa shape index (κ2) is 18.9. The molecule has 6 aromatic rings. The van der Waals surface area contributed by atoms with E-state index in [1.54, 1.807) is 48.2 Å². The lowest BCUT2D eigenvalue weighted by atomic mass is 9.89. The number of aromatic amines is 2. The van der Waals surface area contributed by atoms with Gasteiger partial charge in [0.15, 0.2) is 0 Å². The normalized spacial score (nSPS) is 18.6. The monoisotopic (exact) mass is 836 g/mol. The van der Waals surface area contributed by atoms with Gasteiger partial charge in [-0.05, 0) is 109 Å². The Morgan fingerprint density at radius 3 is 1.32 bits per heavy atom. The van der Waals surface area contributed by atoms with E-state index in [-0.39, 0.29) is 12.1 Å². The molecule has 6 heterocycles. The van der Waals surface area contributed by atoms with Crippen molar-refractivity contribution in [3.63, 3.8) is 0 Å². The largest absolute Gasteiger partial charge is 0.383 e. The number of piperidine rings is 2. The van der Waals surface area contributed by atoms with Crippen molar-refractivity contribution in [2.24, 2.45) is 11.8 Å². The lowest BCUT2D eigenvalue weighted by Crippen LogP contribution is -2.46. The van der Waals surface area contributed by atoms with Gasteiger partial charge >= 0.3 is 23.6 Å². The van der Waals surface area contributed by atoms with Crippen LogP contribution in [0.3, 0.4) is 0 Å². The van der Waals surface area contributed by atoms with Crippen molar-refractivity contribution in [1.82, 2.24) is 40.2 Å². The fraction of sp³-hybridized carbons (Fsp3) is 0.304. The predicted octanol–water partition coefficient (Wildman–Crippen LogP) is 6.60. The molecule has 4 atom stereocenters. The fourth-order valence-electron chi connectivity index (χ4n) is 7.99. The van der Waals surface area contributed by atoms with E-state index in [9.17, 15) is 19.2 Å². The maximum atomic E-state index is 13.1. The number of carbonyl (C=O) groups is 4. The van der Waals surface area contributed by atoms with Gasteiger partial charge < -0.3 is 31.9 Å². The highest BCUT2D eigenvalue weighted by Crippen LogP contribution is 2.36. The summed E-state index contributed by atoms with van der Waals surface area (Å²) in [6, 6.07) is 23.0. The lowest BCUT2D eigenvalue weighted by Gasteiger charge is -2.38. The summed E-state index contributed by atoms with van der Waals surface area (Å²) in [5.74, 6) is -0.957. The molecule has 0 aliphatic carbocycles. The zero-order chi connectivity index (χ0) is 43.9. The number of nitrogen functional groups attached to an aromatic ring is 2. The van der Waals surface area contributed by atoms with Crippen LogP contribution in [0, 0.1) is 25.7 Å². The highest BCUT2D eigenvalue weighted by atomic mass is 16.2. The van der Waals surface area contributed by atoms with Crippen LogP contribution in [-0.2, 0) is 19.2 Å². The van der Waals surface area contributed by atoms with E-state index in [0.29, 0.717) is 47.9 Å². The van der Waals surface area contributed by atoms with Crippen molar-refractivity contribution in [3.05, 3.63) is 120 Å². The molecule has 320 valence electrons. The third kappa shape index (κ3) is 9.97. The number of rotatable bonds is 6. The summed E-state index contributed by atoms with van der Waals surface area (Å²) < 4.78 is 0. The Labute approximate surface area is 359 Å². The Balaban J connectivity index is 0.000000186. The summed E-state index contributed by atoms with van der Waals surface area (Å²) in [5.41, 5.74) is 19.8. The van der Waals surface area contributed by atoms with E-state index in [4.69, 9.17) is 11.5 Å². The van der Waals surface area contributed by atoms with E-state index in [1.807, 2.05) is 60.7 Å². The number of aryl methyl sites for hydroxylation is 2. The SMILES string of the molecule is Cc1cc(NC(=O)C(=O)N2C[C@@H](C)CC[C@@H]2c2ccc(-c3ccn[nH]3)cc2)cnc1N.Cc1cc(NC(=O)C(=O)N2C[C@H](C)CC[C@H]2c2ccc(-c3ccn[nH]3)cc2)cnc1N. The maximum absolute atomic E-state index is 13.1. The molecule has 2 aliphatic heterocycles. The second-order valence-corrected chi connectivity index (χ2v) is 16.3. The molecule has 0 spiro atoms. The van der Waals surface area contributed by atoms with Crippen molar-refractivity contribution in [2.45, 2.75) is 65.5 Å². The number of carbonyl (C=O) groups excluding carboxylic acids is 4. The maximum Gasteiger partial charge on any atom is 0.313 e. The highest BCUT2D eigenvalue weighted by Gasteiger charge is 2.36. The van der Waals surface area contributed by atoms with Gasteiger partial charge in [0.1, 0.15) is 11.6 Å². The van der Waals surface area contributed by atoms with Crippen LogP contribution in [0.1, 0.15) is 73.9 Å². The summed E-state index contributed by atoms with van der Waals surface area (Å²) in [5, 5.41) is 19.2. The third-order valence-corrected chi connectivity index (χ3v) is 11.5. The number of hydrogen-bond acceptors (Lipinski definition) is 10. The number of amides is 4. The topological polar surface area (TPSA) is 234 Å². The number of nitrogens with one attached hydrogen (secondary N) is 4. The summed E-state index contributed by atoms with van der Waals surface area (Å²) in [4.78, 5) is 63.1. The van der Waals surface area contributed by atoms with E-state index < -0.39 is 23.6 Å². The molecule has 2 aromatic carbocycles. The number of nitrogens with two attached hydrogens (primary N) is 2. The van der Waals surface area contributed by atoms with Gasteiger partial charge in [-0.1, -0.05) is 62.4 Å². The smallest absolute Gasteiger partial charge is 0.313 e. The summed E-state index contributed by atoms with van der Waals surface area (Å²) in [7, 11) is 0. The third-order valence-electron chi connectivity index (χ3n) is 11.5. The summed E-state index contributed by atoms with van der Waals surface area (Å²) >= 11 is 0. The Morgan fingerprint density at radius 2 is 0.984 bits per heavy atom. The molecule has 0 saturated carbocycles. The molecule has 0 unspecified atom stereocenters. The van der Waals surface area contributed by atoms with E-state index in [2.05, 4.69) is 54.8 Å². The molecule has 4 amide bonds. The molecule has 0 radical (unpaired) electrons. The van der Waals surface area contributed by atoms with Gasteiger partial charge in [0.25, 0.3) is 0 Å². The van der Waals surface area contributed by atoms with Gasteiger partial charge in [-0.15, -0.1) is 0 Å². The molecule has 2 saturated heterocycles. The van der Waals surface area contributed by atoms with Crippen LogP contribution < -0.4 is 22.1 Å². The number of anilines is 4. The first kappa shape index (κ1) is 42.8. The minimum Gasteiger partial charge on any atom is -0.383 e. The van der Waals surface area contributed by atoms with E-state index in [1.165, 1.54) is 12.4 Å². The number of pyridine rings is 2. The van der Waals surface area contributed by atoms with Gasteiger partial charge in [0.2, 0.25) is 0 Å². The molecule has 16 nitrogen and oxygen atoms in total. The van der Waals surface area contributed by atoms with Crippen molar-refractivity contribution in [2.75, 3.05) is 35.2 Å². The van der Waals surface area contributed by atoms with Crippen LogP contribution in [0.2, 0.25) is 0 Å². The van der Waals surface area contributed by atoms with Crippen LogP contribution in [0.4, 0.5) is 23.0 Å². The molecule has 8 rings (SSSR count). The number of benzene rings is 2. The van der Waals surface area contributed by atoms with Crippen LogP contribution in [-0.4, -0.2) is 76.9 Å². The number of aromatic nitrogens is 6. The number of nitrogens with zero attached hydrogens (tertiary/aromatic N) is 6. The number of H-pyrrole nitrogens is 2. The molecule has 0 bridgehead atoms. The second-order valence-electron chi connectivity index (χ2n) is 16.3.